The molecule has 4 N–H and O–H groups in total. The minimum absolute atomic E-state index is 0.0221. The molecule has 1 aliphatic heterocycles. The van der Waals surface area contributed by atoms with Gasteiger partial charge in [0, 0.05) is 17.9 Å². The Balaban J connectivity index is 2.22. The molecule has 0 radical (unpaired) electrons. The summed E-state index contributed by atoms with van der Waals surface area (Å²) in [6.45, 7) is 9.76. The maximum Gasteiger partial charge on any atom is 0.326 e. The lowest BCUT2D eigenvalue weighted by molar-refractivity contribution is -0.177. The summed E-state index contributed by atoms with van der Waals surface area (Å²) < 4.78 is 5.66. The molecule has 3 unspecified atom stereocenters. The summed E-state index contributed by atoms with van der Waals surface area (Å²) in [4.78, 5) is 24.1. The number of hydrogen-bond donors (Lipinski definition) is 3. The molecule has 2 rings (SSSR count). The molecule has 120 valence electrons. The molecule has 1 heterocycles. The average molecular weight is 298 g/mol. The van der Waals surface area contributed by atoms with Crippen LogP contribution in [-0.4, -0.2) is 41.3 Å². The summed E-state index contributed by atoms with van der Waals surface area (Å²) in [5.74, 6) is -1.47. The van der Waals surface area contributed by atoms with Crippen molar-refractivity contribution in [1.29, 1.82) is 0 Å². The largest absolute Gasteiger partial charge is 0.480 e. The summed E-state index contributed by atoms with van der Waals surface area (Å²) in [6.07, 6.45) is 0.719. The molecule has 0 spiro atoms. The van der Waals surface area contributed by atoms with E-state index in [2.05, 4.69) is 5.32 Å². The Morgan fingerprint density at radius 3 is 2.43 bits per heavy atom. The van der Waals surface area contributed by atoms with E-state index in [-0.39, 0.29) is 17.9 Å². The number of amides is 1. The van der Waals surface area contributed by atoms with Gasteiger partial charge in [-0.05, 0) is 11.8 Å². The monoisotopic (exact) mass is 298 g/mol. The normalized spacial score (nSPS) is 35.5. The van der Waals surface area contributed by atoms with E-state index < -0.39 is 28.4 Å². The molecular formula is C15H26N2O4. The number of fused-ring (bicyclic) bond motifs is 1. The van der Waals surface area contributed by atoms with Crippen LogP contribution >= 0.6 is 0 Å². The second-order valence-corrected chi connectivity index (χ2v) is 7.89. The first kappa shape index (κ1) is 16.2. The second-order valence-electron chi connectivity index (χ2n) is 7.89. The number of carbonyl (C=O) groups is 2. The van der Waals surface area contributed by atoms with E-state index >= 15 is 0 Å². The van der Waals surface area contributed by atoms with Crippen molar-refractivity contribution in [2.24, 2.45) is 22.5 Å². The highest BCUT2D eigenvalue weighted by Crippen LogP contribution is 2.58. The van der Waals surface area contributed by atoms with Gasteiger partial charge in [0.25, 0.3) is 0 Å². The van der Waals surface area contributed by atoms with Gasteiger partial charge in [-0.25, -0.2) is 4.79 Å². The van der Waals surface area contributed by atoms with Gasteiger partial charge in [-0.15, -0.1) is 0 Å². The summed E-state index contributed by atoms with van der Waals surface area (Å²) in [5.41, 5.74) is 4.25. The number of carbonyl (C=O) groups excluding carboxylic acids is 1. The van der Waals surface area contributed by atoms with E-state index in [0.717, 1.165) is 6.42 Å². The molecule has 6 heteroatoms. The van der Waals surface area contributed by atoms with E-state index in [1.807, 2.05) is 13.8 Å². The summed E-state index contributed by atoms with van der Waals surface area (Å²) in [7, 11) is 0. The zero-order chi connectivity index (χ0) is 16.2. The summed E-state index contributed by atoms with van der Waals surface area (Å²) in [6, 6.07) is -0.970. The van der Waals surface area contributed by atoms with Crippen molar-refractivity contribution in [2.45, 2.75) is 58.7 Å². The third-order valence-corrected chi connectivity index (χ3v) is 5.22. The Morgan fingerprint density at radius 2 is 1.95 bits per heavy atom. The van der Waals surface area contributed by atoms with Crippen LogP contribution in [0.25, 0.3) is 0 Å². The van der Waals surface area contributed by atoms with Crippen LogP contribution in [0.5, 0.6) is 0 Å². The zero-order valence-electron chi connectivity index (χ0n) is 13.4. The van der Waals surface area contributed by atoms with Crippen LogP contribution < -0.4 is 11.1 Å². The van der Waals surface area contributed by atoms with Crippen LogP contribution in [0, 0.1) is 16.7 Å². The highest BCUT2D eigenvalue weighted by atomic mass is 16.5. The Labute approximate surface area is 125 Å². The van der Waals surface area contributed by atoms with E-state index in [4.69, 9.17) is 10.5 Å². The minimum atomic E-state index is -1.08. The molecule has 1 amide bonds. The fraction of sp³-hybridized carbons (Fsp3) is 0.867. The number of hydrogen-bond acceptors (Lipinski definition) is 4. The summed E-state index contributed by atoms with van der Waals surface area (Å²) >= 11 is 0. The first-order valence-corrected chi connectivity index (χ1v) is 7.38. The predicted molar refractivity (Wildman–Crippen MR) is 77.6 cm³/mol. The van der Waals surface area contributed by atoms with E-state index in [9.17, 15) is 14.7 Å². The van der Waals surface area contributed by atoms with Crippen molar-refractivity contribution in [3.05, 3.63) is 0 Å². The highest BCUT2D eigenvalue weighted by Gasteiger charge is 2.71. The lowest BCUT2D eigenvalue weighted by Crippen LogP contribution is -2.81. The maximum absolute atomic E-state index is 12.7. The van der Waals surface area contributed by atoms with Crippen LogP contribution in [0.1, 0.15) is 41.0 Å². The van der Waals surface area contributed by atoms with E-state index in [0.29, 0.717) is 6.61 Å². The van der Waals surface area contributed by atoms with Crippen molar-refractivity contribution < 1.29 is 19.4 Å². The van der Waals surface area contributed by atoms with Gasteiger partial charge in [0.15, 0.2) is 0 Å². The van der Waals surface area contributed by atoms with Gasteiger partial charge in [0.2, 0.25) is 5.91 Å². The molecule has 0 aromatic carbocycles. The molecule has 1 aliphatic carbocycles. The van der Waals surface area contributed by atoms with Crippen LogP contribution in [0.3, 0.4) is 0 Å². The van der Waals surface area contributed by atoms with Gasteiger partial charge in [-0.2, -0.15) is 0 Å². The SMILES string of the molecule is CC(C)(C)[C@H](NC(=O)C1(N)C2CCOC2C1(C)C)C(=O)O. The topological polar surface area (TPSA) is 102 Å². The van der Waals surface area contributed by atoms with E-state index in [1.54, 1.807) is 20.8 Å². The fourth-order valence-electron chi connectivity index (χ4n) is 3.74. The van der Waals surface area contributed by atoms with Crippen molar-refractivity contribution >= 4 is 11.9 Å². The number of nitrogens with two attached hydrogens (primary N) is 1. The Morgan fingerprint density at radius 1 is 1.38 bits per heavy atom. The predicted octanol–water partition coefficient (Wildman–Crippen LogP) is 0.744. The molecule has 2 fully saturated rings. The van der Waals surface area contributed by atoms with Crippen LogP contribution in [-0.2, 0) is 14.3 Å². The molecule has 1 saturated heterocycles. The minimum Gasteiger partial charge on any atom is -0.480 e. The van der Waals surface area contributed by atoms with Crippen molar-refractivity contribution in [2.75, 3.05) is 6.61 Å². The number of carboxylic acid groups (broad SMARTS) is 1. The number of ether oxygens (including phenoxy) is 1. The molecule has 2 aliphatic rings. The molecule has 21 heavy (non-hydrogen) atoms. The Hall–Kier alpha value is -1.14. The van der Waals surface area contributed by atoms with Crippen molar-refractivity contribution in [3.63, 3.8) is 0 Å². The Kier molecular flexibility index (Phi) is 3.62. The third-order valence-electron chi connectivity index (χ3n) is 5.22. The number of aliphatic carboxylic acids is 1. The molecule has 4 atom stereocenters. The van der Waals surface area contributed by atoms with Gasteiger partial charge in [0.05, 0.1) is 6.10 Å². The van der Waals surface area contributed by atoms with Gasteiger partial charge in [-0.1, -0.05) is 34.6 Å². The Bertz CT molecular complexity index is 469. The van der Waals surface area contributed by atoms with Crippen molar-refractivity contribution in [3.8, 4) is 0 Å². The first-order chi connectivity index (χ1) is 9.44. The lowest BCUT2D eigenvalue weighted by Gasteiger charge is -2.61. The number of rotatable bonds is 3. The number of carboxylic acids is 1. The average Bonchev–Trinajstić information content (AvgIpc) is 2.80. The highest BCUT2D eigenvalue weighted by molar-refractivity contribution is 5.92. The fourth-order valence-corrected chi connectivity index (χ4v) is 3.74. The van der Waals surface area contributed by atoms with Crippen molar-refractivity contribution in [1.82, 2.24) is 5.32 Å². The van der Waals surface area contributed by atoms with Crippen LogP contribution in [0.2, 0.25) is 0 Å². The van der Waals surface area contributed by atoms with Crippen LogP contribution in [0.15, 0.2) is 0 Å². The van der Waals surface area contributed by atoms with Gasteiger partial charge in [0.1, 0.15) is 11.6 Å². The summed E-state index contributed by atoms with van der Waals surface area (Å²) in [5, 5.41) is 12.0. The molecule has 0 aromatic rings. The maximum atomic E-state index is 12.7. The molecule has 6 nitrogen and oxygen atoms in total. The van der Waals surface area contributed by atoms with Gasteiger partial charge in [-0.3, -0.25) is 4.79 Å². The third kappa shape index (κ3) is 2.16. The molecule has 1 saturated carbocycles. The molecule has 0 bridgehead atoms. The van der Waals surface area contributed by atoms with Gasteiger partial charge >= 0.3 is 5.97 Å². The smallest absolute Gasteiger partial charge is 0.326 e. The second kappa shape index (κ2) is 4.68. The van der Waals surface area contributed by atoms with Gasteiger partial charge < -0.3 is 20.9 Å². The first-order valence-electron chi connectivity index (χ1n) is 7.38. The number of nitrogens with one attached hydrogen (secondary N) is 1. The van der Waals surface area contributed by atoms with Crippen LogP contribution in [0.4, 0.5) is 0 Å². The standard InChI is InChI=1S/C15H26N2O4/c1-13(2,3)9(11(18)19)17-12(20)15(16)8-6-7-21-10(8)14(15,4)5/h8-10H,6-7,16H2,1-5H3,(H,17,20)(H,18,19)/t8?,9-,10?,15?/m1/s1. The quantitative estimate of drug-likeness (QED) is 0.713. The van der Waals surface area contributed by atoms with E-state index in [1.165, 1.54) is 0 Å². The molecule has 0 aromatic heterocycles. The zero-order valence-corrected chi connectivity index (χ0v) is 13.4. The lowest BCUT2D eigenvalue weighted by atomic mass is 9.48. The molecular weight excluding hydrogens is 272 g/mol.